The third-order valence-corrected chi connectivity index (χ3v) is 4.51. The molecule has 1 N–H and O–H groups in total. The first-order valence-corrected chi connectivity index (χ1v) is 7.45. The van der Waals surface area contributed by atoms with Crippen LogP contribution in [0.1, 0.15) is 71.6 Å². The Morgan fingerprint density at radius 1 is 1.18 bits per heavy atom. The van der Waals surface area contributed by atoms with Crippen LogP contribution in [0, 0.1) is 5.92 Å². The fourth-order valence-electron chi connectivity index (χ4n) is 3.75. The molecule has 2 heteroatoms. The van der Waals surface area contributed by atoms with Crippen LogP contribution in [0.2, 0.25) is 0 Å². The second-order valence-corrected chi connectivity index (χ2v) is 6.45. The third-order valence-electron chi connectivity index (χ3n) is 4.51. The summed E-state index contributed by atoms with van der Waals surface area (Å²) < 4.78 is 6.36. The van der Waals surface area contributed by atoms with Gasteiger partial charge in [0, 0.05) is 0 Å². The Kier molecular flexibility index (Phi) is 4.48. The van der Waals surface area contributed by atoms with Crippen LogP contribution in [0.25, 0.3) is 0 Å². The molecule has 0 amide bonds. The molecule has 2 fully saturated rings. The monoisotopic (exact) mass is 240 g/mol. The van der Waals surface area contributed by atoms with Gasteiger partial charge in [-0.15, -0.1) is 0 Å². The fourth-order valence-corrected chi connectivity index (χ4v) is 3.75. The molecule has 1 saturated heterocycles. The second kappa shape index (κ2) is 5.71. The smallest absolute Gasteiger partial charge is 0.0687 e. The molecule has 1 aliphatic carbocycles. The van der Waals surface area contributed by atoms with Crippen LogP contribution in [0.3, 0.4) is 0 Å². The minimum Gasteiger partial charge on any atom is -0.393 e. The fraction of sp³-hybridized carbons (Fsp3) is 1.00. The van der Waals surface area contributed by atoms with Crippen molar-refractivity contribution in [3.05, 3.63) is 0 Å². The van der Waals surface area contributed by atoms with E-state index >= 15 is 0 Å². The Morgan fingerprint density at radius 3 is 2.53 bits per heavy atom. The predicted molar refractivity (Wildman–Crippen MR) is 70.0 cm³/mol. The van der Waals surface area contributed by atoms with Crippen LogP contribution < -0.4 is 0 Å². The number of hydrogen-bond acceptors (Lipinski definition) is 2. The van der Waals surface area contributed by atoms with E-state index in [0.717, 1.165) is 12.8 Å². The molecule has 3 atom stereocenters. The first-order valence-electron chi connectivity index (χ1n) is 7.45. The second-order valence-electron chi connectivity index (χ2n) is 6.45. The SMILES string of the molecule is CC(O)CC(C)CC1CCC2(CCCCC2)O1. The van der Waals surface area contributed by atoms with Gasteiger partial charge in [0.2, 0.25) is 0 Å². The van der Waals surface area contributed by atoms with Crippen molar-refractivity contribution in [2.75, 3.05) is 0 Å². The zero-order valence-electron chi connectivity index (χ0n) is 11.5. The Labute approximate surface area is 106 Å². The lowest BCUT2D eigenvalue weighted by atomic mass is 9.83. The van der Waals surface area contributed by atoms with E-state index in [1.807, 2.05) is 6.92 Å². The highest BCUT2D eigenvalue weighted by Gasteiger charge is 2.40. The van der Waals surface area contributed by atoms with Crippen LogP contribution in [0.4, 0.5) is 0 Å². The van der Waals surface area contributed by atoms with E-state index in [1.54, 1.807) is 0 Å². The molecule has 1 spiro atoms. The summed E-state index contributed by atoms with van der Waals surface area (Å²) in [5.74, 6) is 0.582. The van der Waals surface area contributed by atoms with Crippen molar-refractivity contribution < 1.29 is 9.84 Å². The Morgan fingerprint density at radius 2 is 1.88 bits per heavy atom. The lowest BCUT2D eigenvalue weighted by Crippen LogP contribution is -2.32. The number of ether oxygens (including phenoxy) is 1. The van der Waals surface area contributed by atoms with Crippen molar-refractivity contribution in [1.29, 1.82) is 0 Å². The van der Waals surface area contributed by atoms with E-state index in [9.17, 15) is 5.11 Å². The largest absolute Gasteiger partial charge is 0.393 e. The normalized spacial score (nSPS) is 31.6. The van der Waals surface area contributed by atoms with Crippen LogP contribution >= 0.6 is 0 Å². The molecule has 17 heavy (non-hydrogen) atoms. The molecule has 2 aliphatic rings. The maximum absolute atomic E-state index is 9.40. The standard InChI is InChI=1S/C15H28O2/c1-12(10-13(2)16)11-14-6-9-15(17-14)7-4-3-5-8-15/h12-14,16H,3-11H2,1-2H3. The minimum atomic E-state index is -0.171. The summed E-state index contributed by atoms with van der Waals surface area (Å²) in [7, 11) is 0. The summed E-state index contributed by atoms with van der Waals surface area (Å²) in [6.45, 7) is 4.12. The van der Waals surface area contributed by atoms with Gasteiger partial charge >= 0.3 is 0 Å². The molecule has 100 valence electrons. The molecule has 3 unspecified atom stereocenters. The van der Waals surface area contributed by atoms with Gasteiger partial charge in [-0.2, -0.15) is 0 Å². The molecule has 0 aromatic rings. The van der Waals surface area contributed by atoms with Crippen LogP contribution in [-0.2, 0) is 4.74 Å². The molecule has 1 saturated carbocycles. The predicted octanol–water partition coefficient (Wildman–Crippen LogP) is 3.67. The maximum atomic E-state index is 9.40. The van der Waals surface area contributed by atoms with Gasteiger partial charge in [0.15, 0.2) is 0 Å². The van der Waals surface area contributed by atoms with Gasteiger partial charge in [-0.1, -0.05) is 26.2 Å². The molecular weight excluding hydrogens is 212 g/mol. The Bertz CT molecular complexity index is 231. The molecule has 0 aromatic carbocycles. The maximum Gasteiger partial charge on any atom is 0.0687 e. The lowest BCUT2D eigenvalue weighted by molar-refractivity contribution is -0.0703. The van der Waals surface area contributed by atoms with Gasteiger partial charge in [-0.3, -0.25) is 0 Å². The van der Waals surface area contributed by atoms with Gasteiger partial charge in [-0.05, 0) is 51.4 Å². The van der Waals surface area contributed by atoms with E-state index in [1.165, 1.54) is 44.9 Å². The van der Waals surface area contributed by atoms with Crippen molar-refractivity contribution in [2.24, 2.45) is 5.92 Å². The number of hydrogen-bond donors (Lipinski definition) is 1. The summed E-state index contributed by atoms with van der Waals surface area (Å²) >= 11 is 0. The summed E-state index contributed by atoms with van der Waals surface area (Å²) in [6, 6.07) is 0. The van der Waals surface area contributed by atoms with E-state index in [-0.39, 0.29) is 11.7 Å². The van der Waals surface area contributed by atoms with Crippen molar-refractivity contribution in [3.8, 4) is 0 Å². The van der Waals surface area contributed by atoms with Crippen LogP contribution in [0.5, 0.6) is 0 Å². The van der Waals surface area contributed by atoms with E-state index in [4.69, 9.17) is 4.74 Å². The van der Waals surface area contributed by atoms with Crippen molar-refractivity contribution in [2.45, 2.75) is 89.4 Å². The Hall–Kier alpha value is -0.0800. The average molecular weight is 240 g/mol. The van der Waals surface area contributed by atoms with Crippen molar-refractivity contribution in [3.63, 3.8) is 0 Å². The van der Waals surface area contributed by atoms with E-state index < -0.39 is 0 Å². The summed E-state index contributed by atoms with van der Waals surface area (Å²) in [4.78, 5) is 0. The quantitative estimate of drug-likeness (QED) is 0.812. The molecule has 0 bridgehead atoms. The zero-order valence-corrected chi connectivity index (χ0v) is 11.5. The van der Waals surface area contributed by atoms with Gasteiger partial charge in [-0.25, -0.2) is 0 Å². The van der Waals surface area contributed by atoms with Gasteiger partial charge in [0.1, 0.15) is 0 Å². The first kappa shape index (κ1) is 13.4. The van der Waals surface area contributed by atoms with Gasteiger partial charge in [0.05, 0.1) is 17.8 Å². The highest BCUT2D eigenvalue weighted by molar-refractivity contribution is 4.91. The Balaban J connectivity index is 1.77. The van der Waals surface area contributed by atoms with E-state index in [0.29, 0.717) is 12.0 Å². The van der Waals surface area contributed by atoms with E-state index in [2.05, 4.69) is 6.92 Å². The van der Waals surface area contributed by atoms with Crippen LogP contribution in [0.15, 0.2) is 0 Å². The molecular formula is C15H28O2. The average Bonchev–Trinajstić information content (AvgIpc) is 2.61. The number of aliphatic hydroxyl groups excluding tert-OH is 1. The van der Waals surface area contributed by atoms with Crippen LogP contribution in [-0.4, -0.2) is 22.9 Å². The van der Waals surface area contributed by atoms with Gasteiger partial charge < -0.3 is 9.84 Å². The molecule has 1 aliphatic heterocycles. The third kappa shape index (κ3) is 3.69. The van der Waals surface area contributed by atoms with Gasteiger partial charge in [0.25, 0.3) is 0 Å². The number of aliphatic hydroxyl groups is 1. The summed E-state index contributed by atoms with van der Waals surface area (Å²) in [5.41, 5.74) is 0.257. The molecule has 0 aromatic heterocycles. The molecule has 0 radical (unpaired) electrons. The highest BCUT2D eigenvalue weighted by Crippen LogP contribution is 2.43. The zero-order chi connectivity index (χ0) is 12.3. The number of rotatable bonds is 4. The lowest BCUT2D eigenvalue weighted by Gasteiger charge is -2.33. The minimum absolute atomic E-state index is 0.171. The summed E-state index contributed by atoms with van der Waals surface area (Å²) in [6.07, 6.45) is 11.5. The summed E-state index contributed by atoms with van der Waals surface area (Å²) in [5, 5.41) is 9.40. The molecule has 2 nitrogen and oxygen atoms in total. The highest BCUT2D eigenvalue weighted by atomic mass is 16.5. The van der Waals surface area contributed by atoms with Crippen molar-refractivity contribution >= 4 is 0 Å². The van der Waals surface area contributed by atoms with Crippen molar-refractivity contribution in [1.82, 2.24) is 0 Å². The molecule has 1 heterocycles. The molecule has 2 rings (SSSR count). The topological polar surface area (TPSA) is 29.5 Å². The first-order chi connectivity index (χ1) is 8.10.